The maximum absolute atomic E-state index is 10.6. The minimum atomic E-state index is -0.973. The molecule has 4 N–H and O–H groups in total. The van der Waals surface area contributed by atoms with Crippen LogP contribution in [0.4, 0.5) is 5.69 Å². The molecule has 5 heteroatoms. The van der Waals surface area contributed by atoms with Gasteiger partial charge in [-0.15, -0.1) is 0 Å². The summed E-state index contributed by atoms with van der Waals surface area (Å²) < 4.78 is 0. The number of amides is 1. The topological polar surface area (TPSA) is 92.4 Å². The highest BCUT2D eigenvalue weighted by Crippen LogP contribution is 2.16. The maximum Gasteiger partial charge on any atom is 0.335 e. The fourth-order valence-electron chi connectivity index (χ4n) is 1.18. The summed E-state index contributed by atoms with van der Waals surface area (Å²) in [5, 5.41) is 11.5. The highest BCUT2D eigenvalue weighted by Gasteiger charge is 2.05. The number of carboxylic acids is 1. The van der Waals surface area contributed by atoms with Crippen molar-refractivity contribution in [1.29, 1.82) is 0 Å². The Morgan fingerprint density at radius 1 is 1.47 bits per heavy atom. The first-order valence-electron chi connectivity index (χ1n) is 4.37. The van der Waals surface area contributed by atoms with E-state index < -0.39 is 11.9 Å². The molecule has 0 bridgehead atoms. The third-order valence-corrected chi connectivity index (χ3v) is 1.93. The molecule has 1 aromatic rings. The Morgan fingerprint density at radius 2 is 2.13 bits per heavy atom. The molecule has 1 rings (SSSR count). The zero-order valence-corrected chi connectivity index (χ0v) is 8.28. The van der Waals surface area contributed by atoms with Crippen LogP contribution < -0.4 is 11.1 Å². The first-order chi connectivity index (χ1) is 7.00. The lowest BCUT2D eigenvalue weighted by Gasteiger charge is -2.08. The van der Waals surface area contributed by atoms with E-state index in [0.29, 0.717) is 5.69 Å². The molecular weight excluding hydrogens is 196 g/mol. The molecule has 0 saturated carbocycles. The zero-order chi connectivity index (χ0) is 11.4. The smallest absolute Gasteiger partial charge is 0.335 e. The number of aromatic carboxylic acids is 1. The molecule has 0 atom stereocenters. The lowest BCUT2D eigenvalue weighted by Crippen LogP contribution is -2.22. The lowest BCUT2D eigenvalue weighted by atomic mass is 10.1. The molecule has 0 aliphatic rings. The molecule has 80 valence electrons. The van der Waals surface area contributed by atoms with Gasteiger partial charge < -0.3 is 16.2 Å². The van der Waals surface area contributed by atoms with Crippen LogP contribution in [-0.2, 0) is 4.79 Å². The number of hydrogen-bond donors (Lipinski definition) is 3. The van der Waals surface area contributed by atoms with E-state index in [0.717, 1.165) is 5.56 Å². The van der Waals surface area contributed by atoms with Crippen molar-refractivity contribution in [2.45, 2.75) is 6.92 Å². The summed E-state index contributed by atoms with van der Waals surface area (Å²) in [5.41, 5.74) is 6.66. The number of nitrogens with one attached hydrogen (secondary N) is 1. The number of carbonyl (C=O) groups excluding carboxylic acids is 1. The van der Waals surface area contributed by atoms with E-state index in [-0.39, 0.29) is 12.1 Å². The normalized spacial score (nSPS) is 9.67. The molecule has 5 nitrogen and oxygen atoms in total. The van der Waals surface area contributed by atoms with Gasteiger partial charge in [0, 0.05) is 5.69 Å². The van der Waals surface area contributed by atoms with Gasteiger partial charge in [0.25, 0.3) is 0 Å². The number of primary amides is 1. The fraction of sp³-hybridized carbons (Fsp3) is 0.200. The SMILES string of the molecule is Cc1cc(C(=O)O)ccc1NCC(N)=O. The maximum atomic E-state index is 10.6. The second kappa shape index (κ2) is 4.45. The summed E-state index contributed by atoms with van der Waals surface area (Å²) in [6.07, 6.45) is 0. The lowest BCUT2D eigenvalue weighted by molar-refractivity contribution is -0.116. The molecule has 1 aromatic carbocycles. The highest BCUT2D eigenvalue weighted by molar-refractivity contribution is 5.88. The van der Waals surface area contributed by atoms with Crippen LogP contribution in [0.3, 0.4) is 0 Å². The Hall–Kier alpha value is -2.04. The minimum absolute atomic E-state index is 0.0350. The predicted molar refractivity (Wildman–Crippen MR) is 55.8 cm³/mol. The monoisotopic (exact) mass is 208 g/mol. The van der Waals surface area contributed by atoms with Crippen LogP contribution in [0.1, 0.15) is 15.9 Å². The Labute approximate surface area is 86.9 Å². The molecule has 0 spiro atoms. The highest BCUT2D eigenvalue weighted by atomic mass is 16.4. The van der Waals surface area contributed by atoms with Gasteiger partial charge in [-0.25, -0.2) is 4.79 Å². The number of rotatable bonds is 4. The molecule has 0 heterocycles. The third-order valence-electron chi connectivity index (χ3n) is 1.93. The number of carbonyl (C=O) groups is 2. The Balaban J connectivity index is 2.83. The predicted octanol–water partition coefficient (Wildman–Crippen LogP) is 0.590. The number of anilines is 1. The molecule has 0 saturated heterocycles. The summed E-state index contributed by atoms with van der Waals surface area (Å²) in [4.78, 5) is 21.2. The molecule has 0 fully saturated rings. The molecule has 0 radical (unpaired) electrons. The van der Waals surface area contributed by atoms with E-state index >= 15 is 0 Å². The molecule has 0 aliphatic heterocycles. The van der Waals surface area contributed by atoms with Crippen LogP contribution in [-0.4, -0.2) is 23.5 Å². The van der Waals surface area contributed by atoms with Crippen LogP contribution in [0.15, 0.2) is 18.2 Å². The fourth-order valence-corrected chi connectivity index (χ4v) is 1.18. The Kier molecular flexibility index (Phi) is 3.28. The van der Waals surface area contributed by atoms with Crippen LogP contribution >= 0.6 is 0 Å². The van der Waals surface area contributed by atoms with Crippen LogP contribution in [0.25, 0.3) is 0 Å². The van der Waals surface area contributed by atoms with Crippen LogP contribution in [0.2, 0.25) is 0 Å². The average molecular weight is 208 g/mol. The van der Waals surface area contributed by atoms with Crippen molar-refractivity contribution in [3.63, 3.8) is 0 Å². The van der Waals surface area contributed by atoms with Gasteiger partial charge in [-0.3, -0.25) is 4.79 Å². The van der Waals surface area contributed by atoms with Crippen molar-refractivity contribution in [1.82, 2.24) is 0 Å². The second-order valence-electron chi connectivity index (χ2n) is 3.15. The van der Waals surface area contributed by atoms with Gasteiger partial charge in [-0.1, -0.05) is 0 Å². The molecule has 0 unspecified atom stereocenters. The second-order valence-corrected chi connectivity index (χ2v) is 3.15. The Morgan fingerprint density at radius 3 is 2.60 bits per heavy atom. The van der Waals surface area contributed by atoms with E-state index in [2.05, 4.69) is 5.32 Å². The largest absolute Gasteiger partial charge is 0.478 e. The number of nitrogens with two attached hydrogens (primary N) is 1. The summed E-state index contributed by atoms with van der Waals surface area (Å²) in [5.74, 6) is -1.43. The summed E-state index contributed by atoms with van der Waals surface area (Å²) in [6, 6.07) is 4.62. The van der Waals surface area contributed by atoms with Gasteiger partial charge in [0.1, 0.15) is 0 Å². The van der Waals surface area contributed by atoms with E-state index in [4.69, 9.17) is 10.8 Å². The van der Waals surface area contributed by atoms with Gasteiger partial charge >= 0.3 is 5.97 Å². The van der Waals surface area contributed by atoms with Crippen molar-refractivity contribution < 1.29 is 14.7 Å². The van der Waals surface area contributed by atoms with Gasteiger partial charge in [-0.2, -0.15) is 0 Å². The zero-order valence-electron chi connectivity index (χ0n) is 8.28. The van der Waals surface area contributed by atoms with Crippen LogP contribution in [0.5, 0.6) is 0 Å². The van der Waals surface area contributed by atoms with Gasteiger partial charge in [-0.05, 0) is 30.7 Å². The number of hydrogen-bond acceptors (Lipinski definition) is 3. The van der Waals surface area contributed by atoms with Gasteiger partial charge in [0.15, 0.2) is 0 Å². The first-order valence-corrected chi connectivity index (χ1v) is 4.37. The number of aryl methyl sites for hydroxylation is 1. The van der Waals surface area contributed by atoms with E-state index in [1.54, 1.807) is 13.0 Å². The standard InChI is InChI=1S/C10H12N2O3/c1-6-4-7(10(14)15)2-3-8(6)12-5-9(11)13/h2-4,12H,5H2,1H3,(H2,11,13)(H,14,15). The van der Waals surface area contributed by atoms with Gasteiger partial charge in [0.05, 0.1) is 12.1 Å². The van der Waals surface area contributed by atoms with Crippen molar-refractivity contribution in [3.8, 4) is 0 Å². The molecule has 0 aromatic heterocycles. The first kappa shape index (κ1) is 11.0. The average Bonchev–Trinajstić information content (AvgIpc) is 2.15. The van der Waals surface area contributed by atoms with Crippen LogP contribution in [0, 0.1) is 6.92 Å². The Bertz CT molecular complexity index is 402. The third kappa shape index (κ3) is 2.98. The van der Waals surface area contributed by atoms with E-state index in [9.17, 15) is 9.59 Å². The summed E-state index contributed by atoms with van der Waals surface area (Å²) in [6.45, 7) is 1.79. The number of carboxylic acid groups (broad SMARTS) is 1. The quantitative estimate of drug-likeness (QED) is 0.675. The molecular formula is C10H12N2O3. The number of benzene rings is 1. The molecule has 0 aliphatic carbocycles. The summed E-state index contributed by atoms with van der Waals surface area (Å²) >= 11 is 0. The summed E-state index contributed by atoms with van der Waals surface area (Å²) in [7, 11) is 0. The van der Waals surface area contributed by atoms with Crippen molar-refractivity contribution in [2.75, 3.05) is 11.9 Å². The van der Waals surface area contributed by atoms with Gasteiger partial charge in [0.2, 0.25) is 5.91 Å². The van der Waals surface area contributed by atoms with E-state index in [1.807, 2.05) is 0 Å². The van der Waals surface area contributed by atoms with Crippen molar-refractivity contribution in [2.24, 2.45) is 5.73 Å². The molecule has 15 heavy (non-hydrogen) atoms. The molecule has 1 amide bonds. The minimum Gasteiger partial charge on any atom is -0.478 e. The van der Waals surface area contributed by atoms with Crippen molar-refractivity contribution >= 4 is 17.6 Å². The van der Waals surface area contributed by atoms with Crippen molar-refractivity contribution in [3.05, 3.63) is 29.3 Å². The van der Waals surface area contributed by atoms with E-state index in [1.165, 1.54) is 12.1 Å².